The fourth-order valence-corrected chi connectivity index (χ4v) is 5.41. The Labute approximate surface area is 160 Å². The van der Waals surface area contributed by atoms with Crippen molar-refractivity contribution in [3.05, 3.63) is 29.8 Å². The van der Waals surface area contributed by atoms with Crippen LogP contribution in [0.5, 0.6) is 5.75 Å². The van der Waals surface area contributed by atoms with Gasteiger partial charge in [-0.3, -0.25) is 0 Å². The maximum absolute atomic E-state index is 11.1. The second-order valence-corrected chi connectivity index (χ2v) is 8.87. The van der Waals surface area contributed by atoms with Crippen molar-refractivity contribution in [2.45, 2.75) is 89.6 Å². The van der Waals surface area contributed by atoms with Crippen molar-refractivity contribution in [1.82, 2.24) is 0 Å². The summed E-state index contributed by atoms with van der Waals surface area (Å²) < 4.78 is 5.24. The average Bonchev–Trinajstić information content (AvgIpc) is 2.69. The van der Waals surface area contributed by atoms with Gasteiger partial charge in [0.05, 0.1) is 12.7 Å². The van der Waals surface area contributed by atoms with E-state index in [0.29, 0.717) is 0 Å². The number of benzene rings is 1. The molecule has 3 rings (SSSR count). The van der Waals surface area contributed by atoms with E-state index in [0.717, 1.165) is 41.9 Å². The molecule has 0 heterocycles. The Balaban J connectivity index is 1.46. The summed E-state index contributed by atoms with van der Waals surface area (Å²) in [6.45, 7) is 2.30. The van der Waals surface area contributed by atoms with E-state index in [2.05, 4.69) is 6.92 Å². The lowest BCUT2D eigenvalue weighted by Gasteiger charge is -2.41. The van der Waals surface area contributed by atoms with Gasteiger partial charge >= 0.3 is 0 Å². The molecule has 0 spiro atoms. The Morgan fingerprint density at radius 1 is 0.923 bits per heavy atom. The first kappa shape index (κ1) is 19.7. The van der Waals surface area contributed by atoms with Crippen molar-refractivity contribution >= 4 is 0 Å². The first-order chi connectivity index (χ1) is 12.6. The Morgan fingerprint density at radius 3 is 2.12 bits per heavy atom. The van der Waals surface area contributed by atoms with E-state index in [-0.39, 0.29) is 0 Å². The Bertz CT molecular complexity index is 520. The molecule has 2 aliphatic carbocycles. The van der Waals surface area contributed by atoms with E-state index in [1.165, 1.54) is 64.2 Å². The minimum absolute atomic E-state index is 0.625. The van der Waals surface area contributed by atoms with E-state index >= 15 is 0 Å². The molecule has 0 amide bonds. The Morgan fingerprint density at radius 2 is 1.54 bits per heavy atom. The zero-order chi connectivity index (χ0) is 18.4. The first-order valence-corrected chi connectivity index (χ1v) is 11.0. The number of ether oxygens (including phenoxy) is 1. The van der Waals surface area contributed by atoms with Crippen LogP contribution in [0.2, 0.25) is 0 Å². The summed E-state index contributed by atoms with van der Waals surface area (Å²) in [5.41, 5.74) is 0.441. The molecule has 2 saturated carbocycles. The molecule has 1 aromatic rings. The van der Waals surface area contributed by atoms with Crippen LogP contribution in [0, 0.1) is 17.8 Å². The van der Waals surface area contributed by atoms with E-state index in [9.17, 15) is 5.11 Å². The highest BCUT2D eigenvalue weighted by atomic mass is 16.5. The summed E-state index contributed by atoms with van der Waals surface area (Å²) in [4.78, 5) is 0. The average molecular weight is 359 g/mol. The summed E-state index contributed by atoms with van der Waals surface area (Å²) in [5.74, 6) is 3.61. The summed E-state index contributed by atoms with van der Waals surface area (Å²) in [7, 11) is 1.69. The molecule has 0 atom stereocenters. The molecule has 2 fully saturated rings. The van der Waals surface area contributed by atoms with Crippen LogP contribution in [0.3, 0.4) is 0 Å². The maximum Gasteiger partial charge on any atom is 0.118 e. The highest BCUT2D eigenvalue weighted by Crippen LogP contribution is 2.46. The molecule has 1 aromatic carbocycles. The maximum atomic E-state index is 11.1. The van der Waals surface area contributed by atoms with Crippen LogP contribution in [0.25, 0.3) is 0 Å². The van der Waals surface area contributed by atoms with E-state index in [1.54, 1.807) is 7.11 Å². The minimum Gasteiger partial charge on any atom is -0.497 e. The molecule has 0 unspecified atom stereocenters. The van der Waals surface area contributed by atoms with E-state index in [4.69, 9.17) is 4.74 Å². The molecular formula is C24H38O2. The van der Waals surface area contributed by atoms with Gasteiger partial charge in [-0.25, -0.2) is 0 Å². The summed E-state index contributed by atoms with van der Waals surface area (Å²) in [5, 5.41) is 11.1. The molecule has 0 aromatic heterocycles. The first-order valence-electron chi connectivity index (χ1n) is 11.0. The van der Waals surface area contributed by atoms with Crippen molar-refractivity contribution in [2.75, 3.05) is 7.11 Å². The van der Waals surface area contributed by atoms with Crippen LogP contribution in [0.4, 0.5) is 0 Å². The number of unbranched alkanes of at least 4 members (excludes halogenated alkanes) is 2. The van der Waals surface area contributed by atoms with Crippen LogP contribution in [0.15, 0.2) is 24.3 Å². The monoisotopic (exact) mass is 358 g/mol. The van der Waals surface area contributed by atoms with Gasteiger partial charge in [0, 0.05) is 0 Å². The molecule has 0 bridgehead atoms. The molecule has 0 aliphatic heterocycles. The fraction of sp³-hybridized carbons (Fsp3) is 0.750. The van der Waals surface area contributed by atoms with Crippen molar-refractivity contribution in [3.8, 4) is 5.75 Å². The molecule has 2 nitrogen and oxygen atoms in total. The normalized spacial score (nSPS) is 32.3. The predicted molar refractivity (Wildman–Crippen MR) is 108 cm³/mol. The largest absolute Gasteiger partial charge is 0.497 e. The third kappa shape index (κ3) is 4.82. The Kier molecular flexibility index (Phi) is 7.03. The van der Waals surface area contributed by atoms with Crippen molar-refractivity contribution in [1.29, 1.82) is 0 Å². The van der Waals surface area contributed by atoms with Gasteiger partial charge in [0.2, 0.25) is 0 Å². The fourth-order valence-electron chi connectivity index (χ4n) is 5.41. The van der Waals surface area contributed by atoms with Gasteiger partial charge in [0.1, 0.15) is 5.75 Å². The minimum atomic E-state index is -0.625. The van der Waals surface area contributed by atoms with Crippen LogP contribution in [0.1, 0.15) is 89.5 Å². The van der Waals surface area contributed by atoms with Crippen molar-refractivity contribution < 1.29 is 9.84 Å². The van der Waals surface area contributed by atoms with Crippen molar-refractivity contribution in [2.24, 2.45) is 17.8 Å². The van der Waals surface area contributed by atoms with Crippen LogP contribution >= 0.6 is 0 Å². The molecule has 146 valence electrons. The predicted octanol–water partition coefficient (Wildman–Crippen LogP) is 6.46. The molecule has 26 heavy (non-hydrogen) atoms. The van der Waals surface area contributed by atoms with Gasteiger partial charge in [-0.2, -0.15) is 0 Å². The summed E-state index contributed by atoms with van der Waals surface area (Å²) in [6.07, 6.45) is 15.6. The molecule has 2 aliphatic rings. The van der Waals surface area contributed by atoms with Crippen LogP contribution < -0.4 is 4.74 Å². The number of hydrogen-bond acceptors (Lipinski definition) is 2. The van der Waals surface area contributed by atoms with Crippen LogP contribution in [-0.2, 0) is 5.60 Å². The third-order valence-corrected chi connectivity index (χ3v) is 7.26. The highest BCUT2D eigenvalue weighted by Gasteiger charge is 2.38. The zero-order valence-electron chi connectivity index (χ0n) is 16.9. The molecule has 1 N–H and O–H groups in total. The molecular weight excluding hydrogens is 320 g/mol. The molecule has 2 heteroatoms. The van der Waals surface area contributed by atoms with Gasteiger partial charge in [0.25, 0.3) is 0 Å². The second kappa shape index (κ2) is 9.26. The molecule has 0 saturated heterocycles. The highest BCUT2D eigenvalue weighted by molar-refractivity contribution is 5.31. The van der Waals surface area contributed by atoms with Crippen LogP contribution in [-0.4, -0.2) is 12.2 Å². The zero-order valence-corrected chi connectivity index (χ0v) is 16.9. The van der Waals surface area contributed by atoms with Crippen molar-refractivity contribution in [3.63, 3.8) is 0 Å². The summed E-state index contributed by atoms with van der Waals surface area (Å²) in [6, 6.07) is 8.03. The quantitative estimate of drug-likeness (QED) is 0.567. The number of aliphatic hydroxyl groups is 1. The smallest absolute Gasteiger partial charge is 0.118 e. The number of rotatable bonds is 7. The second-order valence-electron chi connectivity index (χ2n) is 8.87. The molecule has 0 radical (unpaired) electrons. The lowest BCUT2D eigenvalue weighted by Crippen LogP contribution is -2.34. The SMILES string of the molecule is CCCCCC1CCC(C2CCC(O)(c3ccc(OC)cc3)CC2)CC1. The Hall–Kier alpha value is -1.02. The topological polar surface area (TPSA) is 29.5 Å². The van der Waals surface area contributed by atoms with E-state index < -0.39 is 5.60 Å². The standard InChI is InChI=1S/C24H38O2/c1-3-4-5-6-19-7-9-20(10-8-19)21-15-17-24(25,18-16-21)22-11-13-23(26-2)14-12-22/h11-14,19-21,25H,3-10,15-18H2,1-2H3. The van der Waals surface area contributed by atoms with Gasteiger partial charge < -0.3 is 9.84 Å². The van der Waals surface area contributed by atoms with E-state index in [1.807, 2.05) is 24.3 Å². The third-order valence-electron chi connectivity index (χ3n) is 7.26. The number of methoxy groups -OCH3 is 1. The van der Waals surface area contributed by atoms with Gasteiger partial charge in [-0.05, 0) is 74.0 Å². The van der Waals surface area contributed by atoms with Gasteiger partial charge in [0.15, 0.2) is 0 Å². The number of hydrogen-bond donors (Lipinski definition) is 1. The lowest BCUT2D eigenvalue weighted by atomic mass is 9.66. The summed E-state index contributed by atoms with van der Waals surface area (Å²) >= 11 is 0. The lowest BCUT2D eigenvalue weighted by molar-refractivity contribution is -0.0261. The van der Waals surface area contributed by atoms with Gasteiger partial charge in [-0.15, -0.1) is 0 Å². The van der Waals surface area contributed by atoms with Gasteiger partial charge in [-0.1, -0.05) is 57.6 Å².